The van der Waals surface area contributed by atoms with E-state index in [0.717, 1.165) is 39.2 Å². The molecular weight excluding hydrogens is 242 g/mol. The molecule has 1 unspecified atom stereocenters. The minimum atomic E-state index is -1.25. The average Bonchev–Trinajstić information content (AvgIpc) is 2.26. The molecule has 18 heavy (non-hydrogen) atoms. The predicted molar refractivity (Wildman–Crippen MR) is 81.9 cm³/mol. The summed E-state index contributed by atoms with van der Waals surface area (Å²) < 4.78 is 11.5. The van der Waals surface area contributed by atoms with Crippen molar-refractivity contribution in [3.05, 3.63) is 0 Å². The van der Waals surface area contributed by atoms with Gasteiger partial charge in [-0.05, 0) is 52.2 Å². The van der Waals surface area contributed by atoms with Crippen molar-refractivity contribution in [2.75, 3.05) is 26.4 Å². The maximum atomic E-state index is 6.01. The molecule has 1 atom stereocenters. The van der Waals surface area contributed by atoms with Gasteiger partial charge in [0, 0.05) is 19.8 Å². The van der Waals surface area contributed by atoms with Crippen molar-refractivity contribution in [2.24, 2.45) is 5.73 Å². The lowest BCUT2D eigenvalue weighted by Gasteiger charge is -2.36. The van der Waals surface area contributed by atoms with Crippen molar-refractivity contribution >= 4 is 8.07 Å². The molecule has 0 aliphatic carbocycles. The van der Waals surface area contributed by atoms with Crippen LogP contribution in [0.3, 0.4) is 0 Å². The standard InChI is InChI=1S/C14H33NO2Si/c1-6-16-11-12-18(4,5)13-14(3,17-7-2)9-8-10-15/h6-13,15H2,1-5H3. The van der Waals surface area contributed by atoms with Gasteiger partial charge in [0.1, 0.15) is 0 Å². The second-order valence-corrected chi connectivity index (χ2v) is 11.2. The summed E-state index contributed by atoms with van der Waals surface area (Å²) >= 11 is 0. The summed E-state index contributed by atoms with van der Waals surface area (Å²) in [5, 5.41) is 0. The number of ether oxygens (including phenoxy) is 2. The third-order valence-corrected chi connectivity index (χ3v) is 6.65. The van der Waals surface area contributed by atoms with Crippen molar-refractivity contribution in [1.82, 2.24) is 0 Å². The van der Waals surface area contributed by atoms with Crippen LogP contribution in [0.1, 0.15) is 33.6 Å². The predicted octanol–water partition coefficient (Wildman–Crippen LogP) is 3.27. The van der Waals surface area contributed by atoms with Gasteiger partial charge in [-0.2, -0.15) is 0 Å². The molecule has 0 amide bonds. The summed E-state index contributed by atoms with van der Waals surface area (Å²) in [7, 11) is -1.25. The molecule has 0 aromatic carbocycles. The maximum absolute atomic E-state index is 6.01. The first kappa shape index (κ1) is 18.1. The topological polar surface area (TPSA) is 44.5 Å². The van der Waals surface area contributed by atoms with Crippen LogP contribution in [0, 0.1) is 0 Å². The molecule has 4 heteroatoms. The Labute approximate surface area is 114 Å². The van der Waals surface area contributed by atoms with E-state index < -0.39 is 8.07 Å². The molecule has 0 saturated heterocycles. The Morgan fingerprint density at radius 1 is 1.17 bits per heavy atom. The first-order valence-corrected chi connectivity index (χ1v) is 10.7. The van der Waals surface area contributed by atoms with Crippen LogP contribution in [0.25, 0.3) is 0 Å². The molecule has 0 rings (SSSR count). The highest BCUT2D eigenvalue weighted by molar-refractivity contribution is 6.77. The minimum Gasteiger partial charge on any atom is -0.382 e. The largest absolute Gasteiger partial charge is 0.382 e. The lowest BCUT2D eigenvalue weighted by atomic mass is 10.0. The summed E-state index contributed by atoms with van der Waals surface area (Å²) in [5.74, 6) is 0. The average molecular weight is 276 g/mol. The lowest BCUT2D eigenvalue weighted by Crippen LogP contribution is -2.41. The summed E-state index contributed by atoms with van der Waals surface area (Å²) in [6, 6.07) is 2.41. The third-order valence-electron chi connectivity index (χ3n) is 3.38. The highest BCUT2D eigenvalue weighted by Gasteiger charge is 2.33. The zero-order valence-corrected chi connectivity index (χ0v) is 14.1. The van der Waals surface area contributed by atoms with E-state index in [9.17, 15) is 0 Å². The summed E-state index contributed by atoms with van der Waals surface area (Å²) in [5.41, 5.74) is 5.64. The van der Waals surface area contributed by atoms with E-state index in [1.165, 1.54) is 12.1 Å². The van der Waals surface area contributed by atoms with Gasteiger partial charge in [0.05, 0.1) is 13.7 Å². The highest BCUT2D eigenvalue weighted by Crippen LogP contribution is 2.31. The van der Waals surface area contributed by atoms with E-state index in [1.54, 1.807) is 0 Å². The van der Waals surface area contributed by atoms with E-state index >= 15 is 0 Å². The van der Waals surface area contributed by atoms with Gasteiger partial charge in [-0.3, -0.25) is 0 Å². The Bertz CT molecular complexity index is 212. The maximum Gasteiger partial charge on any atom is 0.0631 e. The van der Waals surface area contributed by atoms with Crippen molar-refractivity contribution in [3.8, 4) is 0 Å². The number of hydrogen-bond acceptors (Lipinski definition) is 3. The van der Waals surface area contributed by atoms with Crippen LogP contribution in [0.2, 0.25) is 25.2 Å². The Kier molecular flexibility index (Phi) is 9.12. The molecule has 0 saturated carbocycles. The van der Waals surface area contributed by atoms with Crippen LogP contribution < -0.4 is 5.73 Å². The number of nitrogens with two attached hydrogens (primary N) is 1. The van der Waals surface area contributed by atoms with Gasteiger partial charge in [0.25, 0.3) is 0 Å². The smallest absolute Gasteiger partial charge is 0.0631 e. The second kappa shape index (κ2) is 9.07. The highest BCUT2D eigenvalue weighted by atomic mass is 28.3. The molecule has 0 aliphatic heterocycles. The van der Waals surface area contributed by atoms with Gasteiger partial charge in [-0.1, -0.05) is 13.1 Å². The normalized spacial score (nSPS) is 15.7. The van der Waals surface area contributed by atoms with Crippen LogP contribution in [-0.4, -0.2) is 40.0 Å². The zero-order chi connectivity index (χ0) is 14.1. The SMILES string of the molecule is CCOCC[Si](C)(C)CC(C)(CCCN)OCC. The first-order valence-electron chi connectivity index (χ1n) is 7.31. The van der Waals surface area contributed by atoms with Crippen molar-refractivity contribution < 1.29 is 9.47 Å². The summed E-state index contributed by atoms with van der Waals surface area (Å²) in [6.45, 7) is 14.5. The number of hydrogen-bond donors (Lipinski definition) is 1. The van der Waals surface area contributed by atoms with Crippen molar-refractivity contribution in [3.63, 3.8) is 0 Å². The van der Waals surface area contributed by atoms with Gasteiger partial charge in [0.2, 0.25) is 0 Å². The van der Waals surface area contributed by atoms with Crippen LogP contribution in [0.4, 0.5) is 0 Å². The lowest BCUT2D eigenvalue weighted by molar-refractivity contribution is -0.0180. The molecule has 0 aromatic rings. The second-order valence-electron chi connectivity index (χ2n) is 6.06. The molecular formula is C14H33NO2Si. The van der Waals surface area contributed by atoms with E-state index in [4.69, 9.17) is 15.2 Å². The molecule has 0 heterocycles. The van der Waals surface area contributed by atoms with Gasteiger partial charge in [0.15, 0.2) is 0 Å². The van der Waals surface area contributed by atoms with Crippen molar-refractivity contribution in [1.29, 1.82) is 0 Å². The Morgan fingerprint density at radius 2 is 1.83 bits per heavy atom. The van der Waals surface area contributed by atoms with Gasteiger partial charge in [-0.15, -0.1) is 0 Å². The summed E-state index contributed by atoms with van der Waals surface area (Å²) in [4.78, 5) is 0. The quantitative estimate of drug-likeness (QED) is 0.465. The minimum absolute atomic E-state index is 0.00998. The Hall–Kier alpha value is 0.0969. The fraction of sp³-hybridized carbons (Fsp3) is 1.00. The molecule has 0 aliphatic rings. The molecule has 110 valence electrons. The summed E-state index contributed by atoms with van der Waals surface area (Å²) in [6.07, 6.45) is 2.12. The zero-order valence-electron chi connectivity index (χ0n) is 13.1. The van der Waals surface area contributed by atoms with E-state index in [2.05, 4.69) is 33.9 Å². The fourth-order valence-corrected chi connectivity index (χ4v) is 5.81. The Balaban J connectivity index is 4.34. The van der Waals surface area contributed by atoms with Crippen LogP contribution in [0.5, 0.6) is 0 Å². The Morgan fingerprint density at radius 3 is 2.33 bits per heavy atom. The molecule has 2 N–H and O–H groups in total. The van der Waals surface area contributed by atoms with E-state index in [0.29, 0.717) is 0 Å². The van der Waals surface area contributed by atoms with Crippen LogP contribution >= 0.6 is 0 Å². The molecule has 0 radical (unpaired) electrons. The first-order chi connectivity index (χ1) is 8.39. The fourth-order valence-electron chi connectivity index (χ4n) is 2.63. The monoisotopic (exact) mass is 275 g/mol. The number of rotatable bonds is 11. The molecule has 0 bridgehead atoms. The van der Waals surface area contributed by atoms with Gasteiger partial charge < -0.3 is 15.2 Å². The van der Waals surface area contributed by atoms with Crippen molar-refractivity contribution in [2.45, 2.75) is 64.4 Å². The van der Waals surface area contributed by atoms with Gasteiger partial charge >= 0.3 is 0 Å². The molecule has 3 nitrogen and oxygen atoms in total. The molecule has 0 spiro atoms. The van der Waals surface area contributed by atoms with E-state index in [-0.39, 0.29) is 5.60 Å². The molecule has 0 aromatic heterocycles. The molecule has 0 fully saturated rings. The van der Waals surface area contributed by atoms with Crippen LogP contribution in [0.15, 0.2) is 0 Å². The third kappa shape index (κ3) is 8.24. The van der Waals surface area contributed by atoms with Crippen LogP contribution in [-0.2, 0) is 9.47 Å². The van der Waals surface area contributed by atoms with Gasteiger partial charge in [-0.25, -0.2) is 0 Å². The van der Waals surface area contributed by atoms with E-state index in [1.807, 2.05) is 0 Å².